The number of sulfone groups is 1. The SMILES string of the molecule is CS(=O)(=O)CCn1nc(C2CCCC2)cc1SCC(=O)O. The summed E-state index contributed by atoms with van der Waals surface area (Å²) in [5.41, 5.74) is 0.967. The minimum atomic E-state index is -3.07. The Labute approximate surface area is 128 Å². The van der Waals surface area contributed by atoms with Crippen molar-refractivity contribution in [3.63, 3.8) is 0 Å². The van der Waals surface area contributed by atoms with Gasteiger partial charge in [0.15, 0.2) is 0 Å². The monoisotopic (exact) mass is 332 g/mol. The molecule has 0 saturated heterocycles. The summed E-state index contributed by atoms with van der Waals surface area (Å²) in [6, 6.07) is 1.92. The highest BCUT2D eigenvalue weighted by Crippen LogP contribution is 2.35. The fourth-order valence-corrected chi connectivity index (χ4v) is 3.77. The van der Waals surface area contributed by atoms with Gasteiger partial charge < -0.3 is 5.11 Å². The molecule has 21 heavy (non-hydrogen) atoms. The van der Waals surface area contributed by atoms with E-state index in [0.29, 0.717) is 5.92 Å². The third kappa shape index (κ3) is 5.03. The number of thioether (sulfide) groups is 1. The Morgan fingerprint density at radius 3 is 2.71 bits per heavy atom. The Balaban J connectivity index is 2.15. The van der Waals surface area contributed by atoms with Crippen LogP contribution >= 0.6 is 11.8 Å². The van der Waals surface area contributed by atoms with E-state index in [1.54, 1.807) is 4.68 Å². The van der Waals surface area contributed by atoms with Crippen LogP contribution in [-0.2, 0) is 21.2 Å². The van der Waals surface area contributed by atoms with Gasteiger partial charge in [0.05, 0.1) is 28.8 Å². The van der Waals surface area contributed by atoms with E-state index >= 15 is 0 Å². The maximum atomic E-state index is 11.3. The second-order valence-electron chi connectivity index (χ2n) is 5.42. The standard InChI is InChI=1S/C13H20N2O4S2/c1-21(18,19)7-6-15-12(20-9-13(16)17)8-11(14-15)10-4-2-3-5-10/h8,10H,2-7,9H2,1H3,(H,16,17). The van der Waals surface area contributed by atoms with E-state index < -0.39 is 15.8 Å². The third-order valence-electron chi connectivity index (χ3n) is 3.55. The van der Waals surface area contributed by atoms with Gasteiger partial charge in [-0.15, -0.1) is 0 Å². The summed E-state index contributed by atoms with van der Waals surface area (Å²) >= 11 is 1.19. The van der Waals surface area contributed by atoms with E-state index in [0.717, 1.165) is 23.6 Å². The van der Waals surface area contributed by atoms with Crippen LogP contribution in [0, 0.1) is 0 Å². The topological polar surface area (TPSA) is 89.3 Å². The van der Waals surface area contributed by atoms with Crippen LogP contribution in [0.5, 0.6) is 0 Å². The number of aliphatic carboxylic acids is 1. The van der Waals surface area contributed by atoms with Crippen LogP contribution in [0.4, 0.5) is 0 Å². The van der Waals surface area contributed by atoms with Gasteiger partial charge in [0, 0.05) is 12.2 Å². The summed E-state index contributed by atoms with van der Waals surface area (Å²) in [4.78, 5) is 10.7. The Morgan fingerprint density at radius 1 is 1.48 bits per heavy atom. The van der Waals surface area contributed by atoms with Gasteiger partial charge in [0.25, 0.3) is 0 Å². The van der Waals surface area contributed by atoms with E-state index in [1.807, 2.05) is 6.07 Å². The molecule has 0 unspecified atom stereocenters. The molecule has 118 valence electrons. The maximum Gasteiger partial charge on any atom is 0.313 e. The van der Waals surface area contributed by atoms with Gasteiger partial charge in [-0.2, -0.15) is 5.10 Å². The van der Waals surface area contributed by atoms with Crippen LogP contribution in [-0.4, -0.2) is 47.0 Å². The van der Waals surface area contributed by atoms with Crippen molar-refractivity contribution in [2.24, 2.45) is 0 Å². The van der Waals surface area contributed by atoms with Crippen molar-refractivity contribution < 1.29 is 18.3 Å². The number of carboxylic acids is 1. The van der Waals surface area contributed by atoms with Crippen LogP contribution in [0.2, 0.25) is 0 Å². The number of hydrogen-bond donors (Lipinski definition) is 1. The highest BCUT2D eigenvalue weighted by Gasteiger charge is 2.22. The number of rotatable bonds is 7. The summed E-state index contributed by atoms with van der Waals surface area (Å²) in [7, 11) is -3.07. The fourth-order valence-electron chi connectivity index (χ4n) is 2.50. The highest BCUT2D eigenvalue weighted by molar-refractivity contribution is 7.99. The van der Waals surface area contributed by atoms with Gasteiger partial charge in [-0.3, -0.25) is 9.48 Å². The van der Waals surface area contributed by atoms with Crippen LogP contribution in [0.15, 0.2) is 11.1 Å². The zero-order valence-corrected chi connectivity index (χ0v) is 13.6. The Kier molecular flexibility index (Phi) is 5.32. The molecule has 1 fully saturated rings. The first kappa shape index (κ1) is 16.4. The maximum absolute atomic E-state index is 11.3. The van der Waals surface area contributed by atoms with Crippen molar-refractivity contribution in [2.75, 3.05) is 17.8 Å². The number of aromatic nitrogens is 2. The smallest absolute Gasteiger partial charge is 0.313 e. The molecule has 2 rings (SSSR count). The lowest BCUT2D eigenvalue weighted by Gasteiger charge is -2.05. The van der Waals surface area contributed by atoms with Crippen LogP contribution in [0.3, 0.4) is 0 Å². The predicted octanol–water partition coefficient (Wildman–Crippen LogP) is 1.76. The lowest BCUT2D eigenvalue weighted by Crippen LogP contribution is -2.13. The molecule has 0 aromatic carbocycles. The average Bonchev–Trinajstić information content (AvgIpc) is 3.02. The van der Waals surface area contributed by atoms with Crippen molar-refractivity contribution in [3.8, 4) is 0 Å². The Hall–Kier alpha value is -1.02. The Bertz CT molecular complexity index is 604. The molecule has 0 radical (unpaired) electrons. The molecular weight excluding hydrogens is 312 g/mol. The average molecular weight is 332 g/mol. The zero-order chi connectivity index (χ0) is 15.5. The molecule has 1 aromatic rings. The van der Waals surface area contributed by atoms with E-state index in [4.69, 9.17) is 5.11 Å². The molecule has 1 saturated carbocycles. The minimum Gasteiger partial charge on any atom is -0.481 e. The quantitative estimate of drug-likeness (QED) is 0.765. The van der Waals surface area contributed by atoms with Crippen molar-refractivity contribution in [1.29, 1.82) is 0 Å². The fraction of sp³-hybridized carbons (Fsp3) is 0.692. The van der Waals surface area contributed by atoms with Gasteiger partial charge in [-0.05, 0) is 18.9 Å². The summed E-state index contributed by atoms with van der Waals surface area (Å²) in [5.74, 6) is -0.499. The molecule has 1 N–H and O–H groups in total. The molecule has 0 bridgehead atoms. The van der Waals surface area contributed by atoms with Crippen molar-refractivity contribution in [3.05, 3.63) is 11.8 Å². The molecule has 6 nitrogen and oxygen atoms in total. The number of aryl methyl sites for hydroxylation is 1. The van der Waals surface area contributed by atoms with Crippen LogP contribution < -0.4 is 0 Å². The number of hydrogen-bond acceptors (Lipinski definition) is 5. The normalized spacial score (nSPS) is 16.4. The molecule has 0 spiro atoms. The third-order valence-corrected chi connectivity index (χ3v) is 5.49. The largest absolute Gasteiger partial charge is 0.481 e. The lowest BCUT2D eigenvalue weighted by atomic mass is 10.1. The number of carboxylic acid groups (broad SMARTS) is 1. The molecule has 1 heterocycles. The molecule has 0 aliphatic heterocycles. The van der Waals surface area contributed by atoms with Gasteiger partial charge in [-0.25, -0.2) is 8.42 Å². The summed E-state index contributed by atoms with van der Waals surface area (Å²) in [5, 5.41) is 14.0. The second kappa shape index (κ2) is 6.83. The first-order chi connectivity index (χ1) is 9.85. The summed E-state index contributed by atoms with van der Waals surface area (Å²) in [6.07, 6.45) is 5.79. The predicted molar refractivity (Wildman–Crippen MR) is 81.5 cm³/mol. The molecule has 1 aliphatic carbocycles. The second-order valence-corrected chi connectivity index (χ2v) is 8.68. The summed E-state index contributed by atoms with van der Waals surface area (Å²) in [6.45, 7) is 0.271. The van der Waals surface area contributed by atoms with E-state index in [9.17, 15) is 13.2 Å². The van der Waals surface area contributed by atoms with Crippen molar-refractivity contribution >= 4 is 27.6 Å². The Morgan fingerprint density at radius 2 is 2.14 bits per heavy atom. The van der Waals surface area contributed by atoms with Gasteiger partial charge >= 0.3 is 5.97 Å². The van der Waals surface area contributed by atoms with E-state index in [-0.39, 0.29) is 18.1 Å². The number of nitrogens with zero attached hydrogens (tertiary/aromatic N) is 2. The molecule has 8 heteroatoms. The number of carbonyl (C=O) groups is 1. The van der Waals surface area contributed by atoms with Gasteiger partial charge in [0.1, 0.15) is 9.84 Å². The van der Waals surface area contributed by atoms with E-state index in [1.165, 1.54) is 30.9 Å². The van der Waals surface area contributed by atoms with Crippen molar-refractivity contribution in [2.45, 2.75) is 43.2 Å². The summed E-state index contributed by atoms with van der Waals surface area (Å²) < 4.78 is 24.2. The highest BCUT2D eigenvalue weighted by atomic mass is 32.2. The zero-order valence-electron chi connectivity index (χ0n) is 12.0. The molecule has 0 atom stereocenters. The molecule has 0 amide bonds. The molecule has 1 aromatic heterocycles. The van der Waals surface area contributed by atoms with Crippen LogP contribution in [0.1, 0.15) is 37.3 Å². The molecular formula is C13H20N2O4S2. The van der Waals surface area contributed by atoms with Gasteiger partial charge in [-0.1, -0.05) is 24.6 Å². The van der Waals surface area contributed by atoms with Crippen molar-refractivity contribution in [1.82, 2.24) is 9.78 Å². The van der Waals surface area contributed by atoms with E-state index in [2.05, 4.69) is 5.10 Å². The minimum absolute atomic E-state index is 0.0133. The lowest BCUT2D eigenvalue weighted by molar-refractivity contribution is -0.133. The van der Waals surface area contributed by atoms with Gasteiger partial charge in [0.2, 0.25) is 0 Å². The molecule has 1 aliphatic rings. The first-order valence-corrected chi connectivity index (χ1v) is 10.00. The first-order valence-electron chi connectivity index (χ1n) is 6.95. The van der Waals surface area contributed by atoms with Crippen LogP contribution in [0.25, 0.3) is 0 Å².